The first-order valence-corrected chi connectivity index (χ1v) is 9.46. The topological polar surface area (TPSA) is 53.8 Å². The maximum atomic E-state index is 14.4. The number of fused-ring (bicyclic) bond motifs is 1. The van der Waals surface area contributed by atoms with Gasteiger partial charge in [0.15, 0.2) is 5.78 Å². The molecular weight excluding hydrogens is 453 g/mol. The number of rotatable bonds is 4. The lowest BCUT2D eigenvalue weighted by Crippen LogP contribution is -2.50. The van der Waals surface area contributed by atoms with E-state index in [1.165, 1.54) is 38.1 Å². The maximum absolute atomic E-state index is 14.4. The van der Waals surface area contributed by atoms with E-state index in [1.807, 2.05) is 6.07 Å². The highest BCUT2D eigenvalue weighted by Crippen LogP contribution is 2.53. The molecule has 172 valence electrons. The van der Waals surface area contributed by atoms with Gasteiger partial charge in [0.25, 0.3) is 0 Å². The first-order chi connectivity index (χ1) is 15.2. The zero-order valence-corrected chi connectivity index (χ0v) is 17.2. The number of aryl methyl sites for hydroxylation is 2. The lowest BCUT2D eigenvalue weighted by Gasteiger charge is -2.31. The van der Waals surface area contributed by atoms with Gasteiger partial charge in [-0.25, -0.2) is 9.37 Å². The van der Waals surface area contributed by atoms with Crippen LogP contribution in [0.15, 0.2) is 42.5 Å². The van der Waals surface area contributed by atoms with Crippen LogP contribution in [0.1, 0.15) is 38.3 Å². The second-order valence-corrected chi connectivity index (χ2v) is 7.56. The molecule has 0 bridgehead atoms. The molecule has 0 saturated carbocycles. The van der Waals surface area contributed by atoms with Crippen LogP contribution < -0.4 is 0 Å². The standard InChI is InChI=1S/C23H15F7N2O/c1-12-7-16(21(24,22(25,26)27)23(28,29)30)8-13(2)18(12)10-20(33)15-4-6-19-14(9-15)3-5-17(11-31)32-19/h3-9H,10H2,1-2H3. The van der Waals surface area contributed by atoms with E-state index in [1.54, 1.807) is 6.07 Å². The van der Waals surface area contributed by atoms with Gasteiger partial charge in [0, 0.05) is 22.9 Å². The molecule has 10 heteroatoms. The monoisotopic (exact) mass is 468 g/mol. The third kappa shape index (κ3) is 4.27. The lowest BCUT2D eigenvalue weighted by molar-refractivity contribution is -0.348. The zero-order chi connectivity index (χ0) is 24.8. The minimum absolute atomic E-state index is 0.0741. The van der Waals surface area contributed by atoms with Crippen molar-refractivity contribution in [1.82, 2.24) is 4.98 Å². The average Bonchev–Trinajstić information content (AvgIpc) is 2.72. The fourth-order valence-electron chi connectivity index (χ4n) is 3.58. The maximum Gasteiger partial charge on any atom is 0.435 e. The Morgan fingerprint density at radius 1 is 0.909 bits per heavy atom. The van der Waals surface area contributed by atoms with Gasteiger partial charge in [-0.05, 0) is 60.9 Å². The molecule has 3 nitrogen and oxygen atoms in total. The van der Waals surface area contributed by atoms with Crippen molar-refractivity contribution < 1.29 is 35.5 Å². The van der Waals surface area contributed by atoms with E-state index >= 15 is 0 Å². The average molecular weight is 468 g/mol. The van der Waals surface area contributed by atoms with Crippen molar-refractivity contribution in [2.24, 2.45) is 0 Å². The van der Waals surface area contributed by atoms with Gasteiger partial charge in [-0.2, -0.15) is 31.6 Å². The van der Waals surface area contributed by atoms with E-state index < -0.39 is 29.4 Å². The Morgan fingerprint density at radius 3 is 2.00 bits per heavy atom. The van der Waals surface area contributed by atoms with Crippen molar-refractivity contribution in [2.75, 3.05) is 0 Å². The van der Waals surface area contributed by atoms with Gasteiger partial charge < -0.3 is 0 Å². The van der Waals surface area contributed by atoms with Gasteiger partial charge in [0.2, 0.25) is 0 Å². The molecule has 0 spiro atoms. The molecule has 1 heterocycles. The van der Waals surface area contributed by atoms with Crippen molar-refractivity contribution in [1.29, 1.82) is 5.26 Å². The van der Waals surface area contributed by atoms with E-state index in [0.29, 0.717) is 23.0 Å². The summed E-state index contributed by atoms with van der Waals surface area (Å²) >= 11 is 0. The van der Waals surface area contributed by atoms with Crippen LogP contribution >= 0.6 is 0 Å². The van der Waals surface area contributed by atoms with E-state index in [-0.39, 0.29) is 34.4 Å². The molecule has 33 heavy (non-hydrogen) atoms. The summed E-state index contributed by atoms with van der Waals surface area (Å²) in [6.45, 7) is 2.44. The number of carbonyl (C=O) groups excluding carboxylic acids is 1. The molecule has 0 aliphatic carbocycles. The van der Waals surface area contributed by atoms with Gasteiger partial charge in [-0.15, -0.1) is 0 Å². The van der Waals surface area contributed by atoms with Crippen LogP contribution in [0, 0.1) is 25.2 Å². The molecule has 1 aromatic heterocycles. The van der Waals surface area contributed by atoms with Crippen LogP contribution in [0.25, 0.3) is 10.9 Å². The van der Waals surface area contributed by atoms with Crippen molar-refractivity contribution in [3.8, 4) is 6.07 Å². The largest absolute Gasteiger partial charge is 0.435 e. The predicted molar refractivity (Wildman–Crippen MR) is 105 cm³/mol. The Hall–Kier alpha value is -3.48. The molecular formula is C23H15F7N2O. The van der Waals surface area contributed by atoms with Crippen LogP contribution in [-0.2, 0) is 12.1 Å². The van der Waals surface area contributed by atoms with Gasteiger partial charge >= 0.3 is 18.0 Å². The molecule has 3 rings (SSSR count). The Balaban J connectivity index is 1.98. The summed E-state index contributed by atoms with van der Waals surface area (Å²) in [4.78, 5) is 16.9. The van der Waals surface area contributed by atoms with Crippen molar-refractivity contribution in [3.05, 3.63) is 76.0 Å². The van der Waals surface area contributed by atoms with Crippen LogP contribution in [0.3, 0.4) is 0 Å². The molecule has 0 unspecified atom stereocenters. The van der Waals surface area contributed by atoms with Gasteiger partial charge in [0.05, 0.1) is 5.52 Å². The normalized spacial score (nSPS) is 12.6. The molecule has 0 fully saturated rings. The Morgan fingerprint density at radius 2 is 1.48 bits per heavy atom. The number of benzene rings is 2. The summed E-state index contributed by atoms with van der Waals surface area (Å²) in [5.74, 6) is -0.446. The van der Waals surface area contributed by atoms with E-state index in [0.717, 1.165) is 0 Å². The van der Waals surface area contributed by atoms with E-state index in [9.17, 15) is 35.5 Å². The highest BCUT2D eigenvalue weighted by Gasteiger charge is 2.73. The fourth-order valence-corrected chi connectivity index (χ4v) is 3.58. The number of ketones is 1. The van der Waals surface area contributed by atoms with E-state index in [4.69, 9.17) is 5.26 Å². The van der Waals surface area contributed by atoms with Gasteiger partial charge in [-0.3, -0.25) is 4.79 Å². The zero-order valence-electron chi connectivity index (χ0n) is 17.2. The van der Waals surface area contributed by atoms with Crippen LogP contribution in [-0.4, -0.2) is 23.1 Å². The fraction of sp³-hybridized carbons (Fsp3) is 0.261. The smallest absolute Gasteiger partial charge is 0.294 e. The number of alkyl halides is 7. The summed E-state index contributed by atoms with van der Waals surface area (Å²) in [7, 11) is 0. The number of nitriles is 1. The van der Waals surface area contributed by atoms with Crippen molar-refractivity contribution in [3.63, 3.8) is 0 Å². The third-order valence-electron chi connectivity index (χ3n) is 5.34. The molecule has 0 radical (unpaired) electrons. The summed E-state index contributed by atoms with van der Waals surface area (Å²) < 4.78 is 92.9. The minimum Gasteiger partial charge on any atom is -0.294 e. The molecule has 2 aromatic carbocycles. The molecule has 3 aromatic rings. The summed E-state index contributed by atoms with van der Waals surface area (Å²) in [5.41, 5.74) is -6.17. The predicted octanol–water partition coefficient (Wildman–Crippen LogP) is 6.44. The highest BCUT2D eigenvalue weighted by molar-refractivity contribution is 6.00. The summed E-state index contributed by atoms with van der Waals surface area (Å²) in [5, 5.41) is 9.47. The van der Waals surface area contributed by atoms with Gasteiger partial charge in [-0.1, -0.05) is 12.1 Å². The SMILES string of the molecule is Cc1cc(C(F)(C(F)(F)F)C(F)(F)F)cc(C)c1CC(=O)c1ccc2nc(C#N)ccc2c1. The quantitative estimate of drug-likeness (QED) is 0.327. The Kier molecular flexibility index (Phi) is 5.96. The Labute approximate surface area is 183 Å². The summed E-state index contributed by atoms with van der Waals surface area (Å²) in [6.07, 6.45) is -12.7. The van der Waals surface area contributed by atoms with Gasteiger partial charge in [0.1, 0.15) is 11.8 Å². The number of pyridine rings is 1. The number of Topliss-reactive ketones (excluding diaryl/α,β-unsaturated/α-hetero) is 1. The molecule has 0 saturated heterocycles. The van der Waals surface area contributed by atoms with Crippen molar-refractivity contribution >= 4 is 16.7 Å². The number of hydrogen-bond acceptors (Lipinski definition) is 3. The lowest BCUT2D eigenvalue weighted by atomic mass is 9.87. The molecule has 0 atom stereocenters. The Bertz CT molecular complexity index is 1250. The third-order valence-corrected chi connectivity index (χ3v) is 5.34. The molecule has 0 aliphatic rings. The number of nitrogens with zero attached hydrogens (tertiary/aromatic N) is 2. The van der Waals surface area contributed by atoms with Crippen molar-refractivity contribution in [2.45, 2.75) is 38.3 Å². The second-order valence-electron chi connectivity index (χ2n) is 7.56. The first-order valence-electron chi connectivity index (χ1n) is 9.46. The van der Waals surface area contributed by atoms with E-state index in [2.05, 4.69) is 4.98 Å². The number of aromatic nitrogens is 1. The number of halogens is 7. The van der Waals surface area contributed by atoms with Crippen LogP contribution in [0.4, 0.5) is 30.7 Å². The van der Waals surface area contributed by atoms with Crippen LogP contribution in [0.2, 0.25) is 0 Å². The second kappa shape index (κ2) is 8.14. The molecule has 0 N–H and O–H groups in total. The minimum atomic E-state index is -6.22. The number of hydrogen-bond donors (Lipinski definition) is 0. The molecule has 0 aliphatic heterocycles. The first kappa shape index (κ1) is 24.2. The molecule has 0 amide bonds. The number of carbonyl (C=O) groups is 1. The van der Waals surface area contributed by atoms with Crippen LogP contribution in [0.5, 0.6) is 0 Å². The highest BCUT2D eigenvalue weighted by atomic mass is 19.4. The summed E-state index contributed by atoms with van der Waals surface area (Å²) in [6, 6.07) is 10.4.